The van der Waals surface area contributed by atoms with Crippen molar-refractivity contribution < 1.29 is 23.9 Å². The quantitative estimate of drug-likeness (QED) is 0.780. The van der Waals surface area contributed by atoms with Gasteiger partial charge in [0, 0.05) is 6.54 Å². The Labute approximate surface area is 146 Å². The number of ether oxygens (including phenoxy) is 2. The molecule has 0 aromatic heterocycles. The maximum atomic E-state index is 13.2. The summed E-state index contributed by atoms with van der Waals surface area (Å²) in [6.45, 7) is 5.51. The smallest absolute Gasteiger partial charge is 0.421 e. The highest BCUT2D eigenvalue weighted by molar-refractivity contribution is 6.21. The first-order valence-corrected chi connectivity index (χ1v) is 8.18. The average molecular weight is 346 g/mol. The van der Waals surface area contributed by atoms with Crippen LogP contribution in [0.2, 0.25) is 0 Å². The van der Waals surface area contributed by atoms with E-state index in [1.54, 1.807) is 32.9 Å². The van der Waals surface area contributed by atoms with E-state index < -0.39 is 29.1 Å². The molecule has 1 spiro atoms. The molecule has 25 heavy (non-hydrogen) atoms. The molecule has 0 radical (unpaired) electrons. The first kappa shape index (κ1) is 17.4. The van der Waals surface area contributed by atoms with E-state index in [1.165, 1.54) is 7.11 Å². The first-order chi connectivity index (χ1) is 11.7. The van der Waals surface area contributed by atoms with Crippen molar-refractivity contribution in [1.82, 2.24) is 5.32 Å². The van der Waals surface area contributed by atoms with Crippen molar-refractivity contribution in [2.75, 3.05) is 18.6 Å². The van der Waals surface area contributed by atoms with Crippen LogP contribution in [-0.4, -0.2) is 43.3 Å². The van der Waals surface area contributed by atoms with Crippen molar-refractivity contribution in [3.05, 3.63) is 29.8 Å². The van der Waals surface area contributed by atoms with E-state index >= 15 is 0 Å². The van der Waals surface area contributed by atoms with E-state index in [4.69, 9.17) is 9.47 Å². The topological polar surface area (TPSA) is 84.9 Å². The number of esters is 1. The molecule has 1 aromatic carbocycles. The van der Waals surface area contributed by atoms with Gasteiger partial charge in [0.1, 0.15) is 11.6 Å². The lowest BCUT2D eigenvalue weighted by Crippen LogP contribution is -2.46. The number of hydrogen-bond acceptors (Lipinski definition) is 6. The fraction of sp³-hybridized carbons (Fsp3) is 0.500. The number of imide groups is 1. The van der Waals surface area contributed by atoms with Crippen LogP contribution >= 0.6 is 0 Å². The van der Waals surface area contributed by atoms with E-state index in [1.807, 2.05) is 12.1 Å². The number of carbonyl (C=O) groups is 3. The number of carbonyl (C=O) groups excluding carboxylic acids is 3. The Morgan fingerprint density at radius 1 is 1.28 bits per heavy atom. The van der Waals surface area contributed by atoms with Gasteiger partial charge in [0.15, 0.2) is 0 Å². The van der Waals surface area contributed by atoms with E-state index in [0.717, 1.165) is 10.5 Å². The number of methoxy groups -OCH3 is 1. The third kappa shape index (κ3) is 2.78. The summed E-state index contributed by atoms with van der Waals surface area (Å²) in [5.41, 5.74) is -0.449. The summed E-state index contributed by atoms with van der Waals surface area (Å²) < 4.78 is 10.2. The summed E-state index contributed by atoms with van der Waals surface area (Å²) in [4.78, 5) is 38.8. The Morgan fingerprint density at radius 2 is 1.96 bits per heavy atom. The molecule has 1 fully saturated rings. The lowest BCUT2D eigenvalue weighted by molar-refractivity contribution is -0.142. The molecular formula is C18H22N2O5. The number of fused-ring (bicyclic) bond motifs is 2. The minimum atomic E-state index is -0.966. The van der Waals surface area contributed by atoms with Gasteiger partial charge in [-0.1, -0.05) is 18.2 Å². The lowest BCUT2D eigenvalue weighted by Gasteiger charge is -2.25. The van der Waals surface area contributed by atoms with Crippen molar-refractivity contribution in [2.24, 2.45) is 0 Å². The van der Waals surface area contributed by atoms with Crippen LogP contribution in [0.15, 0.2) is 24.3 Å². The van der Waals surface area contributed by atoms with Crippen LogP contribution in [0.3, 0.4) is 0 Å². The van der Waals surface area contributed by atoms with Gasteiger partial charge in [0.25, 0.3) is 0 Å². The van der Waals surface area contributed by atoms with Gasteiger partial charge in [-0.05, 0) is 38.8 Å². The predicted octanol–water partition coefficient (Wildman–Crippen LogP) is 1.74. The highest BCUT2D eigenvalue weighted by Crippen LogP contribution is 2.47. The standard InChI is InChI=1S/C18H22N2O5/c1-17(2,3)25-16(23)20-13-8-6-5-7-11(13)18(15(20)22)9-12(19-10-18)14(21)24-4/h5-8,12,19H,9-10H2,1-4H3. The molecule has 3 rings (SSSR count). The summed E-state index contributed by atoms with van der Waals surface area (Å²) in [7, 11) is 1.31. The minimum Gasteiger partial charge on any atom is -0.468 e. The summed E-state index contributed by atoms with van der Waals surface area (Å²) >= 11 is 0. The highest BCUT2D eigenvalue weighted by Gasteiger charge is 2.58. The van der Waals surface area contributed by atoms with Gasteiger partial charge in [0.05, 0.1) is 18.2 Å². The van der Waals surface area contributed by atoms with Crippen molar-refractivity contribution in [3.63, 3.8) is 0 Å². The van der Waals surface area contributed by atoms with Gasteiger partial charge in [-0.15, -0.1) is 0 Å². The summed E-state index contributed by atoms with van der Waals surface area (Å²) in [5, 5.41) is 3.04. The van der Waals surface area contributed by atoms with Gasteiger partial charge < -0.3 is 14.8 Å². The Balaban J connectivity index is 1.99. The molecule has 1 aromatic rings. The van der Waals surface area contributed by atoms with Crippen molar-refractivity contribution in [1.29, 1.82) is 0 Å². The summed E-state index contributed by atoms with van der Waals surface area (Å²) in [6.07, 6.45) is -0.460. The monoisotopic (exact) mass is 346 g/mol. The van der Waals surface area contributed by atoms with Crippen LogP contribution in [0.1, 0.15) is 32.8 Å². The number of nitrogens with one attached hydrogen (secondary N) is 1. The number of amides is 2. The van der Waals surface area contributed by atoms with Crippen molar-refractivity contribution in [2.45, 2.75) is 44.2 Å². The molecule has 1 saturated heterocycles. The number of rotatable bonds is 1. The number of nitrogens with zero attached hydrogens (tertiary/aromatic N) is 1. The Kier molecular flexibility index (Phi) is 4.07. The van der Waals surface area contributed by atoms with E-state index in [9.17, 15) is 14.4 Å². The zero-order valence-electron chi connectivity index (χ0n) is 14.8. The van der Waals surface area contributed by atoms with E-state index in [2.05, 4.69) is 5.32 Å². The molecular weight excluding hydrogens is 324 g/mol. The molecule has 1 N–H and O–H groups in total. The second-order valence-electron chi connectivity index (χ2n) is 7.38. The molecule has 2 unspecified atom stereocenters. The van der Waals surface area contributed by atoms with Crippen LogP contribution < -0.4 is 10.2 Å². The molecule has 7 nitrogen and oxygen atoms in total. The Bertz CT molecular complexity index is 739. The number of hydrogen-bond donors (Lipinski definition) is 1. The molecule has 2 atom stereocenters. The van der Waals surface area contributed by atoms with Crippen LogP contribution in [-0.2, 0) is 24.5 Å². The van der Waals surface area contributed by atoms with Gasteiger partial charge in [-0.2, -0.15) is 0 Å². The first-order valence-electron chi connectivity index (χ1n) is 8.18. The molecule has 2 aliphatic heterocycles. The normalized spacial score (nSPS) is 25.2. The molecule has 134 valence electrons. The fourth-order valence-electron chi connectivity index (χ4n) is 3.47. The van der Waals surface area contributed by atoms with Crippen molar-refractivity contribution >= 4 is 23.7 Å². The molecule has 0 bridgehead atoms. The maximum Gasteiger partial charge on any atom is 0.421 e. The second kappa shape index (κ2) is 5.84. The van der Waals surface area contributed by atoms with Gasteiger partial charge in [0.2, 0.25) is 5.91 Å². The molecule has 7 heteroatoms. The van der Waals surface area contributed by atoms with Gasteiger partial charge in [-0.3, -0.25) is 9.59 Å². The number of para-hydroxylation sites is 1. The molecule has 2 heterocycles. The molecule has 0 aliphatic carbocycles. The number of benzene rings is 1. The van der Waals surface area contributed by atoms with E-state index in [0.29, 0.717) is 5.69 Å². The molecule has 2 amide bonds. The second-order valence-corrected chi connectivity index (χ2v) is 7.38. The van der Waals surface area contributed by atoms with Crippen molar-refractivity contribution in [3.8, 4) is 0 Å². The fourth-order valence-corrected chi connectivity index (χ4v) is 3.47. The third-order valence-electron chi connectivity index (χ3n) is 4.54. The summed E-state index contributed by atoms with van der Waals surface area (Å²) in [5.74, 6) is -0.792. The van der Waals surface area contributed by atoms with Gasteiger partial charge >= 0.3 is 12.1 Å². The Hall–Kier alpha value is -2.41. The number of anilines is 1. The largest absolute Gasteiger partial charge is 0.468 e. The van der Waals surface area contributed by atoms with Crippen LogP contribution in [0.25, 0.3) is 0 Å². The summed E-state index contributed by atoms with van der Waals surface area (Å²) in [6, 6.07) is 6.54. The van der Waals surface area contributed by atoms with Crippen LogP contribution in [0, 0.1) is 0 Å². The van der Waals surface area contributed by atoms with E-state index in [-0.39, 0.29) is 18.9 Å². The lowest BCUT2D eigenvalue weighted by atomic mass is 9.79. The average Bonchev–Trinajstić information content (AvgIpc) is 3.08. The SMILES string of the molecule is COC(=O)C1CC2(CN1)C(=O)N(C(=O)OC(C)(C)C)c1ccccc12. The zero-order chi connectivity index (χ0) is 18.4. The Morgan fingerprint density at radius 3 is 2.60 bits per heavy atom. The third-order valence-corrected chi connectivity index (χ3v) is 4.54. The predicted molar refractivity (Wildman–Crippen MR) is 90.3 cm³/mol. The molecule has 2 aliphatic rings. The minimum absolute atomic E-state index is 0.245. The molecule has 0 saturated carbocycles. The maximum absolute atomic E-state index is 13.2. The zero-order valence-corrected chi connectivity index (χ0v) is 14.8. The van der Waals surface area contributed by atoms with Gasteiger partial charge in [-0.25, -0.2) is 9.69 Å². The highest BCUT2D eigenvalue weighted by atomic mass is 16.6. The van der Waals surface area contributed by atoms with Crippen LogP contribution in [0.5, 0.6) is 0 Å². The van der Waals surface area contributed by atoms with Crippen LogP contribution in [0.4, 0.5) is 10.5 Å².